The lowest BCUT2D eigenvalue weighted by Crippen LogP contribution is -2.12. The maximum absolute atomic E-state index is 8.62. The number of rotatable bonds is 7. The average Bonchev–Trinajstić information content (AvgIpc) is 2.63. The van der Waals surface area contributed by atoms with E-state index in [2.05, 4.69) is 22.2 Å². The van der Waals surface area contributed by atoms with E-state index in [1.165, 1.54) is 0 Å². The molecule has 0 bridgehead atoms. The Morgan fingerprint density at radius 3 is 3.21 bits per heavy atom. The van der Waals surface area contributed by atoms with Crippen molar-refractivity contribution >= 4 is 0 Å². The first-order valence-corrected chi connectivity index (χ1v) is 4.68. The van der Waals surface area contributed by atoms with Gasteiger partial charge in [-0.05, 0) is 6.42 Å². The van der Waals surface area contributed by atoms with Gasteiger partial charge in [0.2, 0.25) is 0 Å². The van der Waals surface area contributed by atoms with Crippen LogP contribution in [-0.4, -0.2) is 33.3 Å². The van der Waals surface area contributed by atoms with Crippen molar-refractivity contribution in [1.29, 1.82) is 0 Å². The van der Waals surface area contributed by atoms with E-state index in [-0.39, 0.29) is 6.61 Å². The molecule has 0 unspecified atom stereocenters. The molecule has 2 N–H and O–H groups in total. The van der Waals surface area contributed by atoms with Crippen LogP contribution in [0.3, 0.4) is 0 Å². The third-order valence-electron chi connectivity index (χ3n) is 1.73. The van der Waals surface area contributed by atoms with E-state index in [9.17, 15) is 0 Å². The van der Waals surface area contributed by atoms with Crippen LogP contribution in [0.1, 0.15) is 12.1 Å². The molecule has 0 saturated carbocycles. The smallest absolute Gasteiger partial charge is 0.0964 e. The highest BCUT2D eigenvalue weighted by atomic mass is 16.3. The van der Waals surface area contributed by atoms with Gasteiger partial charge >= 0.3 is 0 Å². The first kappa shape index (κ1) is 10.9. The number of nitrogens with zero attached hydrogens (tertiary/aromatic N) is 3. The van der Waals surface area contributed by atoms with Gasteiger partial charge in [-0.15, -0.1) is 11.7 Å². The second-order valence-corrected chi connectivity index (χ2v) is 2.97. The second-order valence-electron chi connectivity index (χ2n) is 2.97. The highest BCUT2D eigenvalue weighted by Crippen LogP contribution is 1.93. The van der Waals surface area contributed by atoms with Crippen molar-refractivity contribution in [3.8, 4) is 0 Å². The van der Waals surface area contributed by atoms with Gasteiger partial charge in [-0.3, -0.25) is 4.68 Å². The number of aliphatic hydroxyl groups excluding tert-OH is 1. The fourth-order valence-electron chi connectivity index (χ4n) is 1.06. The molecule has 1 heterocycles. The maximum atomic E-state index is 8.62. The predicted octanol–water partition coefficient (Wildman–Crippen LogP) is -0.0639. The molecule has 0 aliphatic carbocycles. The molecule has 5 nitrogen and oxygen atoms in total. The maximum Gasteiger partial charge on any atom is 0.0964 e. The number of hydrogen-bond donors (Lipinski definition) is 2. The van der Waals surface area contributed by atoms with Crippen LogP contribution in [-0.2, 0) is 13.1 Å². The fourth-order valence-corrected chi connectivity index (χ4v) is 1.06. The van der Waals surface area contributed by atoms with Crippen molar-refractivity contribution in [3.63, 3.8) is 0 Å². The molecule has 1 aromatic heterocycles. The summed E-state index contributed by atoms with van der Waals surface area (Å²) in [6.07, 6.45) is 4.39. The summed E-state index contributed by atoms with van der Waals surface area (Å²) in [6, 6.07) is 0. The molecule has 0 aromatic carbocycles. The lowest BCUT2D eigenvalue weighted by Gasteiger charge is -1.96. The Balaban J connectivity index is 2.31. The second kappa shape index (κ2) is 6.28. The van der Waals surface area contributed by atoms with Crippen LogP contribution in [0.2, 0.25) is 0 Å². The molecule has 14 heavy (non-hydrogen) atoms. The van der Waals surface area contributed by atoms with E-state index in [0.29, 0.717) is 19.5 Å². The third-order valence-corrected chi connectivity index (χ3v) is 1.73. The molecular weight excluding hydrogens is 180 g/mol. The summed E-state index contributed by atoms with van der Waals surface area (Å²) in [5.74, 6) is 0. The average molecular weight is 196 g/mol. The summed E-state index contributed by atoms with van der Waals surface area (Å²) in [5, 5.41) is 19.7. The number of aryl methyl sites for hydroxylation is 1. The van der Waals surface area contributed by atoms with Crippen LogP contribution in [0, 0.1) is 0 Å². The zero-order valence-electron chi connectivity index (χ0n) is 8.19. The van der Waals surface area contributed by atoms with Gasteiger partial charge in [0.1, 0.15) is 0 Å². The van der Waals surface area contributed by atoms with Crippen molar-refractivity contribution < 1.29 is 5.11 Å². The normalized spacial score (nSPS) is 10.4. The minimum atomic E-state index is 0.184. The SMILES string of the molecule is C=CCNCc1cn(CCCO)nn1. The highest BCUT2D eigenvalue weighted by molar-refractivity contribution is 4.92. The lowest BCUT2D eigenvalue weighted by atomic mass is 10.4. The Bertz CT molecular complexity index is 272. The Kier molecular flexibility index (Phi) is 4.88. The zero-order valence-corrected chi connectivity index (χ0v) is 8.19. The van der Waals surface area contributed by atoms with Crippen LogP contribution < -0.4 is 5.32 Å². The molecule has 0 aliphatic heterocycles. The third kappa shape index (κ3) is 3.68. The molecule has 0 aliphatic rings. The Morgan fingerprint density at radius 2 is 2.50 bits per heavy atom. The lowest BCUT2D eigenvalue weighted by molar-refractivity contribution is 0.276. The molecule has 0 spiro atoms. The van der Waals surface area contributed by atoms with Gasteiger partial charge in [0.05, 0.1) is 5.69 Å². The van der Waals surface area contributed by atoms with Crippen molar-refractivity contribution in [1.82, 2.24) is 20.3 Å². The standard InChI is InChI=1S/C9H16N4O/c1-2-4-10-7-9-8-13(12-11-9)5-3-6-14/h2,8,10,14H,1,3-7H2. The largest absolute Gasteiger partial charge is 0.396 e. The van der Waals surface area contributed by atoms with Crippen molar-refractivity contribution in [2.24, 2.45) is 0 Å². The molecular formula is C9H16N4O. The molecule has 1 rings (SSSR count). The molecule has 0 amide bonds. The van der Waals surface area contributed by atoms with Gasteiger partial charge in [-0.1, -0.05) is 11.3 Å². The van der Waals surface area contributed by atoms with E-state index in [4.69, 9.17) is 5.11 Å². The predicted molar refractivity (Wildman–Crippen MR) is 53.6 cm³/mol. The number of hydrogen-bond acceptors (Lipinski definition) is 4. The van der Waals surface area contributed by atoms with Crippen LogP contribution in [0.5, 0.6) is 0 Å². The molecule has 5 heteroatoms. The Labute approximate surface area is 83.4 Å². The van der Waals surface area contributed by atoms with Crippen LogP contribution in [0.25, 0.3) is 0 Å². The molecule has 0 saturated heterocycles. The first-order valence-electron chi connectivity index (χ1n) is 4.68. The van der Waals surface area contributed by atoms with E-state index in [1.807, 2.05) is 6.20 Å². The van der Waals surface area contributed by atoms with Crippen LogP contribution >= 0.6 is 0 Å². The van der Waals surface area contributed by atoms with Gasteiger partial charge < -0.3 is 10.4 Å². The Morgan fingerprint density at radius 1 is 1.64 bits per heavy atom. The van der Waals surface area contributed by atoms with Gasteiger partial charge in [-0.25, -0.2) is 0 Å². The number of aliphatic hydroxyl groups is 1. The summed E-state index contributed by atoms with van der Waals surface area (Å²) in [7, 11) is 0. The van der Waals surface area contributed by atoms with Crippen LogP contribution in [0.4, 0.5) is 0 Å². The monoisotopic (exact) mass is 196 g/mol. The van der Waals surface area contributed by atoms with Crippen molar-refractivity contribution in [2.75, 3.05) is 13.2 Å². The Hall–Kier alpha value is -1.20. The fraction of sp³-hybridized carbons (Fsp3) is 0.556. The number of nitrogens with one attached hydrogen (secondary N) is 1. The van der Waals surface area contributed by atoms with Gasteiger partial charge in [0.15, 0.2) is 0 Å². The quantitative estimate of drug-likeness (QED) is 0.473. The highest BCUT2D eigenvalue weighted by Gasteiger charge is 1.98. The summed E-state index contributed by atoms with van der Waals surface area (Å²) >= 11 is 0. The minimum absolute atomic E-state index is 0.184. The van der Waals surface area contributed by atoms with E-state index < -0.39 is 0 Å². The molecule has 1 aromatic rings. The zero-order chi connectivity index (χ0) is 10.2. The first-order chi connectivity index (χ1) is 6.86. The van der Waals surface area contributed by atoms with Gasteiger partial charge in [-0.2, -0.15) is 0 Å². The summed E-state index contributed by atoms with van der Waals surface area (Å²) in [6.45, 7) is 5.97. The number of aromatic nitrogens is 3. The van der Waals surface area contributed by atoms with Crippen molar-refractivity contribution in [3.05, 3.63) is 24.5 Å². The summed E-state index contributed by atoms with van der Waals surface area (Å²) < 4.78 is 1.74. The molecule has 0 atom stereocenters. The van der Waals surface area contributed by atoms with E-state index >= 15 is 0 Å². The van der Waals surface area contributed by atoms with Gasteiger partial charge in [0.25, 0.3) is 0 Å². The summed E-state index contributed by atoms with van der Waals surface area (Å²) in [5.41, 5.74) is 0.907. The minimum Gasteiger partial charge on any atom is -0.396 e. The topological polar surface area (TPSA) is 63.0 Å². The van der Waals surface area contributed by atoms with E-state index in [0.717, 1.165) is 12.2 Å². The molecule has 0 fully saturated rings. The van der Waals surface area contributed by atoms with Crippen molar-refractivity contribution in [2.45, 2.75) is 19.5 Å². The van der Waals surface area contributed by atoms with Gasteiger partial charge in [0, 0.05) is 32.4 Å². The molecule has 78 valence electrons. The molecule has 0 radical (unpaired) electrons. The van der Waals surface area contributed by atoms with E-state index in [1.54, 1.807) is 10.8 Å². The van der Waals surface area contributed by atoms with Crippen LogP contribution in [0.15, 0.2) is 18.9 Å². The summed E-state index contributed by atoms with van der Waals surface area (Å²) in [4.78, 5) is 0.